The summed E-state index contributed by atoms with van der Waals surface area (Å²) in [6, 6.07) is 16.9. The van der Waals surface area contributed by atoms with Crippen molar-refractivity contribution in [1.82, 2.24) is 14.8 Å². The van der Waals surface area contributed by atoms with Crippen molar-refractivity contribution >= 4 is 16.8 Å². The summed E-state index contributed by atoms with van der Waals surface area (Å²) < 4.78 is 20.0. The van der Waals surface area contributed by atoms with Gasteiger partial charge in [-0.25, -0.2) is 4.39 Å². The van der Waals surface area contributed by atoms with E-state index in [1.54, 1.807) is 18.3 Å². The van der Waals surface area contributed by atoms with Crippen molar-refractivity contribution in [3.8, 4) is 0 Å². The third-order valence-corrected chi connectivity index (χ3v) is 5.72. The number of hydrogen-bond acceptors (Lipinski definition) is 4. The van der Waals surface area contributed by atoms with Crippen LogP contribution in [-0.4, -0.2) is 53.0 Å². The molecule has 4 rings (SSSR count). The molecule has 5 nitrogen and oxygen atoms in total. The summed E-state index contributed by atoms with van der Waals surface area (Å²) >= 11 is 0. The molecule has 2 heterocycles. The van der Waals surface area contributed by atoms with Gasteiger partial charge in [0.1, 0.15) is 11.9 Å². The molecule has 0 N–H and O–H groups in total. The molecule has 1 aliphatic rings. The van der Waals surface area contributed by atoms with Crippen LogP contribution in [0.25, 0.3) is 10.9 Å². The number of carbonyl (C=O) groups is 1. The average Bonchev–Trinajstić information content (AvgIpc) is 2.79. The number of fused-ring (bicyclic) bond motifs is 1. The number of ether oxygens (including phenoxy) is 1. The Morgan fingerprint density at radius 1 is 1.22 bits per heavy atom. The Morgan fingerprint density at radius 2 is 2.06 bits per heavy atom. The Morgan fingerprint density at radius 3 is 2.88 bits per heavy atom. The van der Waals surface area contributed by atoms with E-state index < -0.39 is 6.10 Å². The molecule has 1 fully saturated rings. The highest BCUT2D eigenvalue weighted by Crippen LogP contribution is 2.19. The summed E-state index contributed by atoms with van der Waals surface area (Å²) in [5.74, 6) is 0.108. The van der Waals surface area contributed by atoms with E-state index in [1.165, 1.54) is 6.07 Å². The van der Waals surface area contributed by atoms with Gasteiger partial charge in [-0.3, -0.25) is 14.7 Å². The zero-order chi connectivity index (χ0) is 22.5. The zero-order valence-electron chi connectivity index (χ0n) is 18.7. The van der Waals surface area contributed by atoms with Gasteiger partial charge in [0.2, 0.25) is 0 Å². The molecule has 3 aromatic rings. The molecule has 1 aromatic heterocycles. The molecule has 1 saturated heterocycles. The number of pyridine rings is 1. The lowest BCUT2D eigenvalue weighted by Gasteiger charge is -2.35. The fourth-order valence-electron chi connectivity index (χ4n) is 4.18. The summed E-state index contributed by atoms with van der Waals surface area (Å²) in [5, 5.41) is 1.06. The quantitative estimate of drug-likeness (QED) is 0.556. The molecule has 168 valence electrons. The fraction of sp³-hybridized carbons (Fsp3) is 0.385. The minimum atomic E-state index is -0.545. The Hall–Kier alpha value is -2.83. The van der Waals surface area contributed by atoms with Gasteiger partial charge in [0, 0.05) is 49.9 Å². The van der Waals surface area contributed by atoms with Gasteiger partial charge in [-0.15, -0.1) is 0 Å². The lowest BCUT2D eigenvalue weighted by molar-refractivity contribution is -0.151. The second kappa shape index (κ2) is 10.2. The largest absolute Gasteiger partial charge is 0.366 e. The predicted octanol–water partition coefficient (Wildman–Crippen LogP) is 4.26. The van der Waals surface area contributed by atoms with Gasteiger partial charge in [0.25, 0.3) is 5.91 Å². The number of amides is 1. The second-order valence-electron chi connectivity index (χ2n) is 8.83. The van der Waals surface area contributed by atoms with Crippen LogP contribution in [-0.2, 0) is 22.6 Å². The number of halogens is 1. The van der Waals surface area contributed by atoms with E-state index in [0.717, 1.165) is 16.5 Å². The number of carbonyl (C=O) groups excluding carboxylic acids is 1. The van der Waals surface area contributed by atoms with E-state index in [1.807, 2.05) is 35.2 Å². The van der Waals surface area contributed by atoms with Crippen molar-refractivity contribution in [2.45, 2.75) is 33.0 Å². The normalized spacial score (nSPS) is 17.1. The van der Waals surface area contributed by atoms with Crippen molar-refractivity contribution in [2.75, 3.05) is 26.2 Å². The van der Waals surface area contributed by atoms with Crippen LogP contribution in [0, 0.1) is 11.7 Å². The van der Waals surface area contributed by atoms with Gasteiger partial charge in [-0.1, -0.05) is 44.2 Å². The van der Waals surface area contributed by atoms with E-state index in [9.17, 15) is 9.18 Å². The fourth-order valence-corrected chi connectivity index (χ4v) is 4.18. The molecular formula is C26H30FN3O2. The van der Waals surface area contributed by atoms with Gasteiger partial charge < -0.3 is 9.64 Å². The molecule has 32 heavy (non-hydrogen) atoms. The van der Waals surface area contributed by atoms with Crippen LogP contribution in [0.2, 0.25) is 0 Å². The standard InChI is InChI=1S/C26H30FN3O2/c1-19(2)15-30(16-20-9-10-24-21(14-20)7-5-11-28-24)26(31)25-18-29(12-13-32-25)17-22-6-3-4-8-23(22)27/h3-11,14,19,25H,12-13,15-18H2,1-2H3/t25-/m1/s1. The van der Waals surface area contributed by atoms with Gasteiger partial charge >= 0.3 is 0 Å². The van der Waals surface area contributed by atoms with Crippen LogP contribution < -0.4 is 0 Å². The molecule has 0 bridgehead atoms. The highest BCUT2D eigenvalue weighted by atomic mass is 19.1. The van der Waals surface area contributed by atoms with Crippen molar-refractivity contribution in [1.29, 1.82) is 0 Å². The molecule has 2 aromatic carbocycles. The molecule has 1 atom stereocenters. The minimum absolute atomic E-state index is 0.0109. The molecule has 6 heteroatoms. The molecular weight excluding hydrogens is 405 g/mol. The Kier molecular flexibility index (Phi) is 7.12. The maximum atomic E-state index is 14.1. The van der Waals surface area contributed by atoms with E-state index in [-0.39, 0.29) is 11.7 Å². The van der Waals surface area contributed by atoms with Crippen LogP contribution in [0.5, 0.6) is 0 Å². The third-order valence-electron chi connectivity index (χ3n) is 5.72. The number of morpholine rings is 1. The van der Waals surface area contributed by atoms with Gasteiger partial charge in [-0.05, 0) is 35.7 Å². The van der Waals surface area contributed by atoms with Crippen LogP contribution in [0.3, 0.4) is 0 Å². The van der Waals surface area contributed by atoms with Gasteiger partial charge in [0.15, 0.2) is 0 Å². The number of hydrogen-bond donors (Lipinski definition) is 0. The Balaban J connectivity index is 1.47. The lowest BCUT2D eigenvalue weighted by Crippen LogP contribution is -2.51. The van der Waals surface area contributed by atoms with Gasteiger partial charge in [0.05, 0.1) is 12.1 Å². The Bertz CT molecular complexity index is 1070. The van der Waals surface area contributed by atoms with Crippen LogP contribution >= 0.6 is 0 Å². The third kappa shape index (κ3) is 5.50. The first kappa shape index (κ1) is 22.4. The van der Waals surface area contributed by atoms with E-state index >= 15 is 0 Å². The molecule has 0 saturated carbocycles. The van der Waals surface area contributed by atoms with Gasteiger partial charge in [-0.2, -0.15) is 0 Å². The summed E-state index contributed by atoms with van der Waals surface area (Å²) in [7, 11) is 0. The molecule has 0 aliphatic carbocycles. The molecule has 0 radical (unpaired) electrons. The number of nitrogens with zero attached hydrogens (tertiary/aromatic N) is 3. The monoisotopic (exact) mass is 435 g/mol. The second-order valence-corrected chi connectivity index (χ2v) is 8.83. The SMILES string of the molecule is CC(C)CN(Cc1ccc2ncccc2c1)C(=O)[C@H]1CN(Cc2ccccc2F)CCO1. The first-order chi connectivity index (χ1) is 15.5. The van der Waals surface area contributed by atoms with E-state index in [0.29, 0.717) is 50.8 Å². The first-order valence-corrected chi connectivity index (χ1v) is 11.2. The molecule has 0 unspecified atom stereocenters. The summed E-state index contributed by atoms with van der Waals surface area (Å²) in [6.07, 6.45) is 1.24. The van der Waals surface area contributed by atoms with Crippen LogP contribution in [0.15, 0.2) is 60.8 Å². The van der Waals surface area contributed by atoms with Crippen LogP contribution in [0.4, 0.5) is 4.39 Å². The highest BCUT2D eigenvalue weighted by Gasteiger charge is 2.31. The van der Waals surface area contributed by atoms with Crippen molar-refractivity contribution in [3.05, 3.63) is 77.7 Å². The number of aromatic nitrogens is 1. The van der Waals surface area contributed by atoms with Crippen molar-refractivity contribution in [2.24, 2.45) is 5.92 Å². The number of rotatable bonds is 7. The maximum Gasteiger partial charge on any atom is 0.253 e. The van der Waals surface area contributed by atoms with E-state index in [4.69, 9.17) is 4.74 Å². The van der Waals surface area contributed by atoms with Crippen LogP contribution in [0.1, 0.15) is 25.0 Å². The summed E-state index contributed by atoms with van der Waals surface area (Å²) in [6.45, 7) is 7.47. The van der Waals surface area contributed by atoms with Crippen molar-refractivity contribution in [3.63, 3.8) is 0 Å². The Labute approximate surface area is 188 Å². The molecule has 0 spiro atoms. The highest BCUT2D eigenvalue weighted by molar-refractivity contribution is 5.82. The molecule has 1 aliphatic heterocycles. The topological polar surface area (TPSA) is 45.7 Å². The maximum absolute atomic E-state index is 14.1. The smallest absolute Gasteiger partial charge is 0.253 e. The predicted molar refractivity (Wildman–Crippen MR) is 123 cm³/mol. The summed E-state index contributed by atoms with van der Waals surface area (Å²) in [5.41, 5.74) is 2.65. The lowest BCUT2D eigenvalue weighted by atomic mass is 10.1. The van der Waals surface area contributed by atoms with Crippen molar-refractivity contribution < 1.29 is 13.9 Å². The summed E-state index contributed by atoms with van der Waals surface area (Å²) in [4.78, 5) is 21.8. The zero-order valence-corrected chi connectivity index (χ0v) is 18.7. The molecule has 1 amide bonds. The number of benzene rings is 2. The van der Waals surface area contributed by atoms with E-state index in [2.05, 4.69) is 29.8 Å². The first-order valence-electron chi connectivity index (χ1n) is 11.2. The minimum Gasteiger partial charge on any atom is -0.366 e. The average molecular weight is 436 g/mol.